The van der Waals surface area contributed by atoms with E-state index in [1.165, 1.54) is 12.1 Å². The molecular weight excluding hydrogens is 363 g/mol. The molecule has 8 heteroatoms. The molecule has 2 aromatic carbocycles. The molecule has 2 rings (SSSR count). The smallest absolute Gasteiger partial charge is 0.253 e. The van der Waals surface area contributed by atoms with Gasteiger partial charge in [-0.15, -0.1) is 11.8 Å². The summed E-state index contributed by atoms with van der Waals surface area (Å²) in [4.78, 5) is 13.2. The Labute approximate surface area is 151 Å². The summed E-state index contributed by atoms with van der Waals surface area (Å²) in [7, 11) is -3.46. The number of carbonyl (C=O) groups is 1. The van der Waals surface area contributed by atoms with Gasteiger partial charge in [0.05, 0.1) is 17.5 Å². The highest BCUT2D eigenvalue weighted by atomic mass is 32.2. The maximum absolute atomic E-state index is 12.8. The van der Waals surface area contributed by atoms with E-state index in [9.17, 15) is 17.6 Å². The Balaban J connectivity index is 1.81. The van der Waals surface area contributed by atoms with Crippen LogP contribution in [-0.2, 0) is 10.0 Å². The number of carbonyl (C=O) groups excluding carboxylic acids is 1. The number of para-hydroxylation sites is 1. The quantitative estimate of drug-likeness (QED) is 0.543. The summed E-state index contributed by atoms with van der Waals surface area (Å²) in [5.74, 6) is 0.173. The highest BCUT2D eigenvalue weighted by Crippen LogP contribution is 2.19. The van der Waals surface area contributed by atoms with Crippen molar-refractivity contribution in [1.82, 2.24) is 5.32 Å². The maximum atomic E-state index is 12.8. The van der Waals surface area contributed by atoms with E-state index >= 15 is 0 Å². The lowest BCUT2D eigenvalue weighted by molar-refractivity contribution is 0.0954. The second-order valence-corrected chi connectivity index (χ2v) is 8.25. The molecule has 25 heavy (non-hydrogen) atoms. The minimum atomic E-state index is -3.46. The second-order valence-electron chi connectivity index (χ2n) is 5.33. The van der Waals surface area contributed by atoms with Crippen LogP contribution in [0.5, 0.6) is 0 Å². The molecule has 5 nitrogen and oxygen atoms in total. The number of hydrogen-bond acceptors (Lipinski definition) is 4. The van der Waals surface area contributed by atoms with Crippen molar-refractivity contribution >= 4 is 33.4 Å². The molecule has 0 radical (unpaired) electrons. The Bertz CT molecular complexity index is 824. The SMILES string of the molecule is CS(=O)(=O)Nc1ccccc1C(=O)NCCCSc1ccc(F)cc1. The summed E-state index contributed by atoms with van der Waals surface area (Å²) in [6.45, 7) is 0.459. The summed E-state index contributed by atoms with van der Waals surface area (Å²) in [6, 6.07) is 12.7. The molecule has 0 spiro atoms. The van der Waals surface area contributed by atoms with Gasteiger partial charge in [0, 0.05) is 11.4 Å². The predicted molar refractivity (Wildman–Crippen MR) is 99.0 cm³/mol. The molecule has 0 aliphatic carbocycles. The molecule has 0 fully saturated rings. The van der Waals surface area contributed by atoms with Crippen molar-refractivity contribution in [3.63, 3.8) is 0 Å². The number of anilines is 1. The zero-order chi connectivity index (χ0) is 18.3. The predicted octanol–water partition coefficient (Wildman–Crippen LogP) is 3.11. The first-order valence-corrected chi connectivity index (χ1v) is 10.5. The average Bonchev–Trinajstić information content (AvgIpc) is 2.55. The van der Waals surface area contributed by atoms with Crippen LogP contribution in [0, 0.1) is 5.82 Å². The Morgan fingerprint density at radius 2 is 1.80 bits per heavy atom. The van der Waals surface area contributed by atoms with Gasteiger partial charge in [-0.25, -0.2) is 12.8 Å². The molecule has 134 valence electrons. The van der Waals surface area contributed by atoms with Crippen LogP contribution in [0.3, 0.4) is 0 Å². The van der Waals surface area contributed by atoms with Crippen LogP contribution in [0.4, 0.5) is 10.1 Å². The molecule has 1 amide bonds. The van der Waals surface area contributed by atoms with Gasteiger partial charge >= 0.3 is 0 Å². The van der Waals surface area contributed by atoms with E-state index in [1.807, 2.05) is 0 Å². The molecule has 0 aromatic heterocycles. The van der Waals surface area contributed by atoms with Crippen LogP contribution in [0.15, 0.2) is 53.4 Å². The molecule has 0 aliphatic heterocycles. The summed E-state index contributed by atoms with van der Waals surface area (Å²) < 4.78 is 37.9. The van der Waals surface area contributed by atoms with Gasteiger partial charge in [-0.3, -0.25) is 9.52 Å². The van der Waals surface area contributed by atoms with Crippen molar-refractivity contribution in [3.05, 3.63) is 59.9 Å². The summed E-state index contributed by atoms with van der Waals surface area (Å²) in [5, 5.41) is 2.77. The number of halogens is 1. The Morgan fingerprint density at radius 1 is 1.12 bits per heavy atom. The lowest BCUT2D eigenvalue weighted by atomic mass is 10.1. The van der Waals surface area contributed by atoms with Crippen molar-refractivity contribution in [2.24, 2.45) is 0 Å². The zero-order valence-corrected chi connectivity index (χ0v) is 15.3. The monoisotopic (exact) mass is 382 g/mol. The van der Waals surface area contributed by atoms with Crippen molar-refractivity contribution in [1.29, 1.82) is 0 Å². The van der Waals surface area contributed by atoms with Crippen molar-refractivity contribution in [2.45, 2.75) is 11.3 Å². The summed E-state index contributed by atoms with van der Waals surface area (Å²) in [5.41, 5.74) is 0.530. The highest BCUT2D eigenvalue weighted by molar-refractivity contribution is 7.99. The fourth-order valence-corrected chi connectivity index (χ4v) is 3.49. The van der Waals surface area contributed by atoms with Crippen LogP contribution in [0.1, 0.15) is 16.8 Å². The molecule has 0 bridgehead atoms. The van der Waals surface area contributed by atoms with E-state index in [1.54, 1.807) is 48.2 Å². The van der Waals surface area contributed by atoms with Crippen LogP contribution in [-0.4, -0.2) is 32.9 Å². The van der Waals surface area contributed by atoms with Gasteiger partial charge in [-0.05, 0) is 48.6 Å². The van der Waals surface area contributed by atoms with Crippen LogP contribution in [0.2, 0.25) is 0 Å². The number of amides is 1. The Morgan fingerprint density at radius 3 is 2.48 bits per heavy atom. The van der Waals surface area contributed by atoms with E-state index in [4.69, 9.17) is 0 Å². The standard InChI is InChI=1S/C17H19FN2O3S2/c1-25(22,23)20-16-6-3-2-5-15(16)17(21)19-11-4-12-24-14-9-7-13(18)8-10-14/h2-3,5-10,20H,4,11-12H2,1H3,(H,19,21). The average molecular weight is 382 g/mol. The third kappa shape index (κ3) is 6.75. The lowest BCUT2D eigenvalue weighted by Crippen LogP contribution is -2.26. The molecule has 0 heterocycles. The summed E-state index contributed by atoms with van der Waals surface area (Å²) >= 11 is 1.58. The number of nitrogens with one attached hydrogen (secondary N) is 2. The third-order valence-electron chi connectivity index (χ3n) is 3.16. The second kappa shape index (κ2) is 8.87. The van der Waals surface area contributed by atoms with Gasteiger partial charge in [0.25, 0.3) is 5.91 Å². The van der Waals surface area contributed by atoms with Gasteiger partial charge in [-0.2, -0.15) is 0 Å². The molecule has 0 saturated carbocycles. The lowest BCUT2D eigenvalue weighted by Gasteiger charge is -2.11. The maximum Gasteiger partial charge on any atom is 0.253 e. The number of benzene rings is 2. The highest BCUT2D eigenvalue weighted by Gasteiger charge is 2.13. The Kier molecular flexibility index (Phi) is 6.83. The molecule has 0 saturated heterocycles. The number of hydrogen-bond donors (Lipinski definition) is 2. The van der Waals surface area contributed by atoms with E-state index in [0.29, 0.717) is 6.54 Å². The topological polar surface area (TPSA) is 75.3 Å². The number of sulfonamides is 1. The molecule has 2 aromatic rings. The van der Waals surface area contributed by atoms with E-state index in [2.05, 4.69) is 10.0 Å². The number of thioether (sulfide) groups is 1. The van der Waals surface area contributed by atoms with Crippen LogP contribution >= 0.6 is 11.8 Å². The van der Waals surface area contributed by atoms with E-state index < -0.39 is 10.0 Å². The van der Waals surface area contributed by atoms with Gasteiger partial charge in [0.1, 0.15) is 5.82 Å². The zero-order valence-electron chi connectivity index (χ0n) is 13.7. The van der Waals surface area contributed by atoms with Gasteiger partial charge in [0.2, 0.25) is 10.0 Å². The Hall–Kier alpha value is -2.06. The normalized spacial score (nSPS) is 11.1. The molecule has 0 atom stereocenters. The van der Waals surface area contributed by atoms with Crippen molar-refractivity contribution < 1.29 is 17.6 Å². The minimum absolute atomic E-state index is 0.253. The fourth-order valence-electron chi connectivity index (χ4n) is 2.06. The largest absolute Gasteiger partial charge is 0.352 e. The minimum Gasteiger partial charge on any atom is -0.352 e. The molecule has 0 aliphatic rings. The van der Waals surface area contributed by atoms with Gasteiger partial charge in [0.15, 0.2) is 0 Å². The van der Waals surface area contributed by atoms with Crippen LogP contribution < -0.4 is 10.0 Å². The first-order valence-electron chi connectivity index (χ1n) is 7.58. The van der Waals surface area contributed by atoms with E-state index in [-0.39, 0.29) is 23.0 Å². The molecular formula is C17H19FN2O3S2. The molecule has 2 N–H and O–H groups in total. The number of rotatable bonds is 8. The van der Waals surface area contributed by atoms with E-state index in [0.717, 1.165) is 23.3 Å². The third-order valence-corrected chi connectivity index (χ3v) is 4.85. The van der Waals surface area contributed by atoms with Gasteiger partial charge < -0.3 is 5.32 Å². The van der Waals surface area contributed by atoms with Crippen molar-refractivity contribution in [3.8, 4) is 0 Å². The first kappa shape index (κ1) is 19.3. The molecule has 0 unspecified atom stereocenters. The first-order chi connectivity index (χ1) is 11.8. The van der Waals surface area contributed by atoms with Gasteiger partial charge in [-0.1, -0.05) is 12.1 Å². The van der Waals surface area contributed by atoms with Crippen LogP contribution in [0.25, 0.3) is 0 Å². The van der Waals surface area contributed by atoms with Crippen molar-refractivity contribution in [2.75, 3.05) is 23.3 Å². The summed E-state index contributed by atoms with van der Waals surface area (Å²) in [6.07, 6.45) is 1.77. The fraction of sp³-hybridized carbons (Fsp3) is 0.235.